The first-order valence-corrected chi connectivity index (χ1v) is 16.6. The summed E-state index contributed by atoms with van der Waals surface area (Å²) in [6.45, 7) is 3.94. The Kier molecular flexibility index (Phi) is 7.17. The lowest BCUT2D eigenvalue weighted by Gasteiger charge is -2.25. The summed E-state index contributed by atoms with van der Waals surface area (Å²) in [5.41, 5.74) is 3.21. The van der Waals surface area contributed by atoms with Gasteiger partial charge in [-0.1, -0.05) is 90.0 Å². The highest BCUT2D eigenvalue weighted by atomic mass is 32.2. The van der Waals surface area contributed by atoms with Gasteiger partial charge in [0.2, 0.25) is 15.7 Å². The minimum absolute atomic E-state index is 0.123. The number of oxazole rings is 1. The summed E-state index contributed by atoms with van der Waals surface area (Å²) < 4.78 is 35.4. The molecule has 0 saturated carbocycles. The van der Waals surface area contributed by atoms with Gasteiger partial charge in [0.05, 0.1) is 4.90 Å². The zero-order valence-corrected chi connectivity index (χ0v) is 24.5. The van der Waals surface area contributed by atoms with Crippen molar-refractivity contribution in [3.63, 3.8) is 0 Å². The maximum Gasteiger partial charge on any atom is 0.288 e. The van der Waals surface area contributed by atoms with E-state index in [9.17, 15) is 8.42 Å². The van der Waals surface area contributed by atoms with E-state index in [1.165, 1.54) is 0 Å². The van der Waals surface area contributed by atoms with Crippen LogP contribution in [-0.2, 0) is 9.84 Å². The van der Waals surface area contributed by atoms with Gasteiger partial charge in [0.1, 0.15) is 15.9 Å². The van der Waals surface area contributed by atoms with E-state index in [2.05, 4.69) is 36.4 Å². The Morgan fingerprint density at radius 1 is 0.561 bits per heavy atom. The van der Waals surface area contributed by atoms with Gasteiger partial charge in [0.15, 0.2) is 7.26 Å². The van der Waals surface area contributed by atoms with Crippen molar-refractivity contribution in [2.24, 2.45) is 0 Å². The molecule has 0 N–H and O–H groups in total. The van der Waals surface area contributed by atoms with Crippen LogP contribution in [-0.4, -0.2) is 13.4 Å². The minimum atomic E-state index is -4.09. The molecule has 0 radical (unpaired) electrons. The highest BCUT2D eigenvalue weighted by molar-refractivity contribution is 8.02. The van der Waals surface area contributed by atoms with Gasteiger partial charge in [0.25, 0.3) is 10.5 Å². The molecule has 6 rings (SSSR count). The average Bonchev–Trinajstić information content (AvgIpc) is 3.47. The number of aryl methyl sites for hydroxylation is 2. The zero-order chi connectivity index (χ0) is 28.5. The topological polar surface area (TPSA) is 60.2 Å². The molecule has 41 heavy (non-hydrogen) atoms. The molecule has 1 aromatic heterocycles. The molecular weight excluding hydrogens is 545 g/mol. The fraction of sp³-hybridized carbons (Fsp3) is 0.0571. The normalized spacial score (nSPS) is 11.9. The number of benzene rings is 5. The van der Waals surface area contributed by atoms with E-state index in [0.29, 0.717) is 5.44 Å². The van der Waals surface area contributed by atoms with E-state index in [-0.39, 0.29) is 15.9 Å². The van der Waals surface area contributed by atoms with Gasteiger partial charge in [-0.3, -0.25) is 0 Å². The largest absolute Gasteiger partial charge is 0.420 e. The minimum Gasteiger partial charge on any atom is -0.420 e. The summed E-state index contributed by atoms with van der Waals surface area (Å²) in [6.07, 6.45) is 0. The van der Waals surface area contributed by atoms with Crippen molar-refractivity contribution < 1.29 is 12.8 Å². The molecule has 1 heterocycles. The van der Waals surface area contributed by atoms with E-state index in [1.807, 2.05) is 92.7 Å². The third-order valence-electron chi connectivity index (χ3n) is 7.20. The molecule has 0 saturated heterocycles. The van der Waals surface area contributed by atoms with Crippen LogP contribution in [0.15, 0.2) is 154 Å². The first kappa shape index (κ1) is 26.9. The molecule has 0 bridgehead atoms. The van der Waals surface area contributed by atoms with Gasteiger partial charge in [0, 0.05) is 5.56 Å². The Morgan fingerprint density at radius 2 is 0.976 bits per heavy atom. The summed E-state index contributed by atoms with van der Waals surface area (Å²) in [6, 6.07) is 44.9. The predicted octanol–water partition coefficient (Wildman–Crippen LogP) is 6.41. The van der Waals surface area contributed by atoms with Crippen LogP contribution in [0.25, 0.3) is 11.5 Å². The maximum absolute atomic E-state index is 14.5. The van der Waals surface area contributed by atoms with Crippen LogP contribution >= 0.6 is 7.26 Å². The van der Waals surface area contributed by atoms with Crippen LogP contribution in [0.4, 0.5) is 0 Å². The van der Waals surface area contributed by atoms with Crippen molar-refractivity contribution in [2.45, 2.75) is 23.8 Å². The fourth-order valence-corrected chi connectivity index (χ4v) is 11.1. The van der Waals surface area contributed by atoms with Crippen molar-refractivity contribution in [1.82, 2.24) is 4.98 Å². The van der Waals surface area contributed by atoms with Crippen LogP contribution in [0.1, 0.15) is 11.1 Å². The van der Waals surface area contributed by atoms with E-state index < -0.39 is 17.1 Å². The lowest BCUT2D eigenvalue weighted by atomic mass is 10.1. The van der Waals surface area contributed by atoms with E-state index >= 15 is 0 Å². The van der Waals surface area contributed by atoms with Gasteiger partial charge in [-0.05, 0) is 74.5 Å². The van der Waals surface area contributed by atoms with Crippen molar-refractivity contribution in [3.05, 3.63) is 151 Å². The van der Waals surface area contributed by atoms with Crippen molar-refractivity contribution in [3.8, 4) is 11.5 Å². The number of rotatable bonds is 7. The number of aromatic nitrogens is 1. The van der Waals surface area contributed by atoms with Gasteiger partial charge in [-0.25, -0.2) is 8.42 Å². The Balaban J connectivity index is 1.76. The van der Waals surface area contributed by atoms with Crippen LogP contribution < -0.4 is 21.3 Å². The molecule has 0 amide bonds. The first-order valence-electron chi connectivity index (χ1n) is 13.4. The van der Waals surface area contributed by atoms with Crippen LogP contribution in [0.3, 0.4) is 0 Å². The number of hydrogen-bond acceptors (Lipinski definition) is 4. The second kappa shape index (κ2) is 10.9. The Morgan fingerprint density at radius 3 is 1.41 bits per heavy atom. The summed E-state index contributed by atoms with van der Waals surface area (Å²) in [7, 11) is -6.95. The van der Waals surface area contributed by atoms with Crippen molar-refractivity contribution in [2.75, 3.05) is 0 Å². The third-order valence-corrected chi connectivity index (χ3v) is 13.2. The Hall–Kier alpha value is -4.31. The third kappa shape index (κ3) is 4.82. The molecule has 0 spiro atoms. The number of hydrogen-bond donors (Lipinski definition) is 0. The smallest absolute Gasteiger partial charge is 0.288 e. The average molecular weight is 575 g/mol. The Bertz CT molecular complexity index is 1790. The van der Waals surface area contributed by atoms with Gasteiger partial charge < -0.3 is 4.42 Å². The fourth-order valence-electron chi connectivity index (χ4n) is 5.10. The molecule has 6 heteroatoms. The van der Waals surface area contributed by atoms with Gasteiger partial charge in [-0.2, -0.15) is 4.98 Å². The van der Waals surface area contributed by atoms with Crippen molar-refractivity contribution in [1.29, 1.82) is 0 Å². The lowest BCUT2D eigenvalue weighted by Crippen LogP contribution is -2.41. The van der Waals surface area contributed by atoms with E-state index in [0.717, 1.165) is 32.6 Å². The maximum atomic E-state index is 14.5. The van der Waals surface area contributed by atoms with Crippen LogP contribution in [0, 0.1) is 13.8 Å². The first-order chi connectivity index (χ1) is 19.9. The van der Waals surface area contributed by atoms with Crippen LogP contribution in [0.5, 0.6) is 0 Å². The second-order valence-corrected chi connectivity index (χ2v) is 15.2. The highest BCUT2D eigenvalue weighted by Gasteiger charge is 2.55. The molecule has 0 aliphatic carbocycles. The Labute approximate surface area is 241 Å². The van der Waals surface area contributed by atoms with Gasteiger partial charge in [-0.15, -0.1) is 0 Å². The molecule has 202 valence electrons. The monoisotopic (exact) mass is 574 g/mol. The van der Waals surface area contributed by atoms with E-state index in [1.54, 1.807) is 24.3 Å². The number of nitrogens with zero attached hydrogens (tertiary/aromatic N) is 1. The standard InChI is InChI=1S/C35H29NO3PS/c1-26-18-22-28(23-19-26)33-36-34(35(39-33)41(37,38)32-24-20-27(2)21-25-32)40(29-12-6-3-7-13-29,30-14-8-4-9-15-30)31-16-10-5-11-17-31/h3-25H,1-2H3/q+1. The molecule has 0 fully saturated rings. The lowest BCUT2D eigenvalue weighted by molar-refractivity contribution is 0.462. The molecule has 0 aliphatic rings. The molecule has 5 aromatic carbocycles. The summed E-state index contributed by atoms with van der Waals surface area (Å²) in [4.78, 5) is 5.29. The molecule has 6 aromatic rings. The quantitative estimate of drug-likeness (QED) is 0.207. The van der Waals surface area contributed by atoms with Crippen molar-refractivity contribution >= 4 is 38.4 Å². The molecule has 0 aliphatic heterocycles. The molecule has 4 nitrogen and oxygen atoms in total. The van der Waals surface area contributed by atoms with Gasteiger partial charge >= 0.3 is 0 Å². The summed E-state index contributed by atoms with van der Waals surface area (Å²) in [5, 5.41) is 2.84. The highest BCUT2D eigenvalue weighted by Crippen LogP contribution is 2.55. The predicted molar refractivity (Wildman–Crippen MR) is 168 cm³/mol. The SMILES string of the molecule is Cc1ccc(-c2nc([P+](c3ccccc3)(c3ccccc3)c3ccccc3)c(S(=O)(=O)c3ccc(C)cc3)o2)cc1. The zero-order valence-electron chi connectivity index (χ0n) is 22.8. The molecule has 0 atom stereocenters. The molecular formula is C35H29NO3PS+. The second-order valence-electron chi connectivity index (χ2n) is 9.99. The van der Waals surface area contributed by atoms with Crippen LogP contribution in [0.2, 0.25) is 0 Å². The number of sulfone groups is 1. The molecule has 0 unspecified atom stereocenters. The summed E-state index contributed by atoms with van der Waals surface area (Å²) >= 11 is 0. The van der Waals surface area contributed by atoms with E-state index in [4.69, 9.17) is 9.40 Å². The summed E-state index contributed by atoms with van der Waals surface area (Å²) in [5.74, 6) is 0.276.